The summed E-state index contributed by atoms with van der Waals surface area (Å²) in [7, 11) is 0. The predicted octanol–water partition coefficient (Wildman–Crippen LogP) is 4.90. The molecule has 5 nitrogen and oxygen atoms in total. The predicted molar refractivity (Wildman–Crippen MR) is 113 cm³/mol. The van der Waals surface area contributed by atoms with E-state index in [0.717, 1.165) is 34.3 Å². The topological polar surface area (TPSA) is 59.8 Å². The third-order valence-electron chi connectivity index (χ3n) is 5.30. The van der Waals surface area contributed by atoms with Crippen molar-refractivity contribution in [3.63, 3.8) is 0 Å². The lowest BCUT2D eigenvalue weighted by Crippen LogP contribution is -2.27. The highest BCUT2D eigenvalue weighted by Gasteiger charge is 2.40. The number of carbonyl (C=O) groups excluding carboxylic acids is 1. The van der Waals surface area contributed by atoms with E-state index in [2.05, 4.69) is 15.4 Å². The Bertz CT molecular complexity index is 1050. The van der Waals surface area contributed by atoms with Crippen molar-refractivity contribution in [1.82, 2.24) is 20.1 Å². The summed E-state index contributed by atoms with van der Waals surface area (Å²) in [6, 6.07) is 6.50. The molecule has 0 radical (unpaired) electrons. The fourth-order valence-corrected chi connectivity index (χ4v) is 4.92. The summed E-state index contributed by atoms with van der Waals surface area (Å²) in [5.41, 5.74) is 0.820. The second-order valence-electron chi connectivity index (χ2n) is 7.70. The molecule has 1 aliphatic rings. The van der Waals surface area contributed by atoms with Gasteiger partial charge in [0.15, 0.2) is 5.69 Å². The molecule has 0 aliphatic heterocycles. The lowest BCUT2D eigenvalue weighted by molar-refractivity contribution is -0.143. The summed E-state index contributed by atoms with van der Waals surface area (Å²) in [5, 5.41) is 7.48. The zero-order valence-corrected chi connectivity index (χ0v) is 17.9. The fourth-order valence-electron chi connectivity index (χ4n) is 3.72. The molecule has 4 rings (SSSR count). The van der Waals surface area contributed by atoms with Crippen LogP contribution in [0.15, 0.2) is 30.5 Å². The maximum atomic E-state index is 13.7. The Balaban J connectivity index is 1.42. The van der Waals surface area contributed by atoms with Crippen molar-refractivity contribution in [3.8, 4) is 5.69 Å². The first kappa shape index (κ1) is 21.5. The van der Waals surface area contributed by atoms with Crippen LogP contribution in [0, 0.1) is 6.92 Å². The van der Waals surface area contributed by atoms with Gasteiger partial charge in [-0.1, -0.05) is 17.7 Å². The molecule has 1 aliphatic carbocycles. The van der Waals surface area contributed by atoms with Gasteiger partial charge in [-0.25, -0.2) is 9.67 Å². The number of hydrogen-bond donors (Lipinski definition) is 1. The molecule has 0 fully saturated rings. The molecule has 9 heteroatoms. The Morgan fingerprint density at radius 2 is 1.94 bits per heavy atom. The van der Waals surface area contributed by atoms with Crippen molar-refractivity contribution in [3.05, 3.63) is 62.9 Å². The van der Waals surface area contributed by atoms with E-state index >= 15 is 0 Å². The highest BCUT2D eigenvalue weighted by Crippen LogP contribution is 2.33. The van der Waals surface area contributed by atoms with Crippen LogP contribution in [-0.4, -0.2) is 27.2 Å². The van der Waals surface area contributed by atoms with Crippen molar-refractivity contribution < 1.29 is 18.0 Å². The first-order valence-corrected chi connectivity index (χ1v) is 11.1. The largest absolute Gasteiger partial charge is 0.434 e. The van der Waals surface area contributed by atoms with Crippen LogP contribution in [0.1, 0.15) is 56.5 Å². The Morgan fingerprint density at radius 1 is 1.19 bits per heavy atom. The van der Waals surface area contributed by atoms with Crippen LogP contribution >= 0.6 is 11.3 Å². The normalized spacial score (nSPS) is 13.8. The van der Waals surface area contributed by atoms with Gasteiger partial charge >= 0.3 is 6.18 Å². The van der Waals surface area contributed by atoms with Crippen molar-refractivity contribution in [2.75, 3.05) is 6.54 Å². The van der Waals surface area contributed by atoms with Crippen molar-refractivity contribution in [2.24, 2.45) is 0 Å². The molecule has 0 bridgehead atoms. The van der Waals surface area contributed by atoms with Crippen LogP contribution in [0.3, 0.4) is 0 Å². The van der Waals surface area contributed by atoms with Gasteiger partial charge in [0, 0.05) is 17.8 Å². The molecule has 0 saturated heterocycles. The summed E-state index contributed by atoms with van der Waals surface area (Å²) in [4.78, 5) is 18.5. The van der Waals surface area contributed by atoms with E-state index in [-0.39, 0.29) is 12.2 Å². The van der Waals surface area contributed by atoms with Gasteiger partial charge in [-0.05, 0) is 51.2 Å². The minimum atomic E-state index is -4.71. The van der Waals surface area contributed by atoms with E-state index in [4.69, 9.17) is 0 Å². The maximum absolute atomic E-state index is 13.7. The van der Waals surface area contributed by atoms with Crippen LogP contribution in [0.5, 0.6) is 0 Å². The van der Waals surface area contributed by atoms with Crippen LogP contribution in [0.2, 0.25) is 0 Å². The number of carbonyl (C=O) groups is 1. The van der Waals surface area contributed by atoms with Crippen LogP contribution in [0.25, 0.3) is 5.69 Å². The van der Waals surface area contributed by atoms with Gasteiger partial charge in [0.05, 0.1) is 28.1 Å². The van der Waals surface area contributed by atoms with Gasteiger partial charge in [-0.2, -0.15) is 18.3 Å². The highest BCUT2D eigenvalue weighted by molar-refractivity contribution is 7.11. The number of halogens is 3. The maximum Gasteiger partial charge on any atom is 0.434 e. The fraction of sp³-hybridized carbons (Fsp3) is 0.409. The molecule has 3 aromatic rings. The number of thiazole rings is 1. The molecule has 164 valence electrons. The van der Waals surface area contributed by atoms with Gasteiger partial charge < -0.3 is 5.32 Å². The Labute approximate surface area is 182 Å². The molecular formula is C22H23F3N4OS. The monoisotopic (exact) mass is 448 g/mol. The van der Waals surface area contributed by atoms with Crippen LogP contribution < -0.4 is 5.32 Å². The second kappa shape index (κ2) is 8.82. The molecule has 1 amide bonds. The van der Waals surface area contributed by atoms with E-state index < -0.39 is 23.3 Å². The van der Waals surface area contributed by atoms with Gasteiger partial charge in [-0.15, -0.1) is 11.3 Å². The third-order valence-corrected chi connectivity index (χ3v) is 6.52. The van der Waals surface area contributed by atoms with E-state index in [1.807, 2.05) is 6.92 Å². The molecule has 0 saturated carbocycles. The van der Waals surface area contributed by atoms with Crippen molar-refractivity contribution >= 4 is 17.2 Å². The number of alkyl halides is 3. The third kappa shape index (κ3) is 4.81. The summed E-state index contributed by atoms with van der Waals surface area (Å²) in [6.45, 7) is 2.12. The molecule has 0 spiro atoms. The summed E-state index contributed by atoms with van der Waals surface area (Å²) in [5.74, 6) is -0.774. The minimum Gasteiger partial charge on any atom is -0.352 e. The molecule has 2 aromatic heterocycles. The number of aryl methyl sites for hydroxylation is 4. The number of nitrogens with one attached hydrogen (secondary N) is 1. The smallest absolute Gasteiger partial charge is 0.352 e. The lowest BCUT2D eigenvalue weighted by Gasteiger charge is -2.13. The van der Waals surface area contributed by atoms with Gasteiger partial charge in [0.2, 0.25) is 0 Å². The summed E-state index contributed by atoms with van der Waals surface area (Å²) in [6.07, 6.45) is 2.05. The average Bonchev–Trinajstić information content (AvgIpc) is 3.35. The first-order valence-electron chi connectivity index (χ1n) is 10.3. The Morgan fingerprint density at radius 3 is 2.65 bits per heavy atom. The SMILES string of the molecule is Cc1ccc(-n2ncc(C(=O)NCCCc3nc4c(s3)CCCC4)c2C(F)(F)F)cc1. The second-order valence-corrected chi connectivity index (χ2v) is 8.86. The van der Waals surface area contributed by atoms with E-state index in [0.29, 0.717) is 12.8 Å². The van der Waals surface area contributed by atoms with Gasteiger partial charge in [0.25, 0.3) is 5.91 Å². The average molecular weight is 449 g/mol. The molecule has 1 aromatic carbocycles. The number of fused-ring (bicyclic) bond motifs is 1. The van der Waals surface area contributed by atoms with Crippen LogP contribution in [-0.2, 0) is 25.4 Å². The summed E-state index contributed by atoms with van der Waals surface area (Å²) < 4.78 is 42.0. The molecule has 1 N–H and O–H groups in total. The lowest BCUT2D eigenvalue weighted by atomic mass is 10.0. The van der Waals surface area contributed by atoms with E-state index in [9.17, 15) is 18.0 Å². The molecular weight excluding hydrogens is 425 g/mol. The number of amides is 1. The molecule has 0 unspecified atom stereocenters. The zero-order chi connectivity index (χ0) is 22.0. The number of hydrogen-bond acceptors (Lipinski definition) is 4. The summed E-state index contributed by atoms with van der Waals surface area (Å²) >= 11 is 1.71. The molecule has 31 heavy (non-hydrogen) atoms. The molecule has 2 heterocycles. The van der Waals surface area contributed by atoms with E-state index in [1.165, 1.54) is 23.4 Å². The first-order chi connectivity index (χ1) is 14.8. The number of nitrogens with zero attached hydrogens (tertiary/aromatic N) is 3. The number of benzene rings is 1. The Kier molecular flexibility index (Phi) is 6.13. The van der Waals surface area contributed by atoms with Crippen molar-refractivity contribution in [1.29, 1.82) is 0 Å². The molecule has 0 atom stereocenters. The highest BCUT2D eigenvalue weighted by atomic mass is 32.1. The number of aromatic nitrogens is 3. The minimum absolute atomic E-state index is 0.254. The van der Waals surface area contributed by atoms with Gasteiger partial charge in [0.1, 0.15) is 0 Å². The van der Waals surface area contributed by atoms with Crippen molar-refractivity contribution in [2.45, 2.75) is 51.6 Å². The number of rotatable bonds is 6. The van der Waals surface area contributed by atoms with Crippen LogP contribution in [0.4, 0.5) is 13.2 Å². The Hall–Kier alpha value is -2.68. The van der Waals surface area contributed by atoms with Gasteiger partial charge in [-0.3, -0.25) is 4.79 Å². The zero-order valence-electron chi connectivity index (χ0n) is 17.1. The van der Waals surface area contributed by atoms with E-state index in [1.54, 1.807) is 35.6 Å². The quantitative estimate of drug-likeness (QED) is 0.546. The standard InChI is InChI=1S/C22H23F3N4OS/c1-14-8-10-15(11-9-14)29-20(22(23,24)25)16(13-27-29)21(30)26-12-4-7-19-28-17-5-2-3-6-18(17)31-19/h8-11,13H,2-7,12H2,1H3,(H,26,30).